The van der Waals surface area contributed by atoms with Crippen LogP contribution in [0.2, 0.25) is 0 Å². The molecule has 3 aliphatic rings. The zero-order valence-electron chi connectivity index (χ0n) is 11.3. The maximum atomic E-state index is 12.6. The topological polar surface area (TPSA) is 43.4 Å². The van der Waals surface area contributed by atoms with E-state index >= 15 is 0 Å². The van der Waals surface area contributed by atoms with Crippen LogP contribution in [-0.2, 0) is 26.3 Å². The third-order valence-corrected chi connectivity index (χ3v) is 5.05. The molecular formula is C17H16O3. The Morgan fingerprint density at radius 2 is 2.15 bits per heavy atom. The zero-order valence-corrected chi connectivity index (χ0v) is 11.3. The first-order valence-corrected chi connectivity index (χ1v) is 7.14. The van der Waals surface area contributed by atoms with E-state index in [0.717, 1.165) is 18.4 Å². The van der Waals surface area contributed by atoms with Crippen molar-refractivity contribution in [2.24, 2.45) is 11.8 Å². The molecule has 1 saturated heterocycles. The van der Waals surface area contributed by atoms with Crippen LogP contribution in [0, 0.1) is 11.8 Å². The molecule has 1 aliphatic carbocycles. The second-order valence-corrected chi connectivity index (χ2v) is 5.98. The summed E-state index contributed by atoms with van der Waals surface area (Å²) in [4.78, 5) is 24.6. The second-order valence-electron chi connectivity index (χ2n) is 5.98. The first-order valence-electron chi connectivity index (χ1n) is 7.14. The minimum Gasteiger partial charge on any atom is -0.354 e. The van der Waals surface area contributed by atoms with E-state index in [-0.39, 0.29) is 29.5 Å². The molecule has 4 rings (SSSR count). The lowest BCUT2D eigenvalue weighted by Gasteiger charge is -2.39. The lowest BCUT2D eigenvalue weighted by Crippen LogP contribution is -2.46. The van der Waals surface area contributed by atoms with Crippen molar-refractivity contribution in [2.45, 2.75) is 31.5 Å². The van der Waals surface area contributed by atoms with Crippen molar-refractivity contribution in [3.63, 3.8) is 0 Å². The van der Waals surface area contributed by atoms with Gasteiger partial charge in [-0.2, -0.15) is 0 Å². The molecule has 3 heteroatoms. The van der Waals surface area contributed by atoms with Gasteiger partial charge in [0.25, 0.3) is 0 Å². The minimum absolute atomic E-state index is 0.00495. The van der Waals surface area contributed by atoms with Crippen LogP contribution in [0.3, 0.4) is 0 Å². The molecule has 1 fully saturated rings. The van der Waals surface area contributed by atoms with Crippen molar-refractivity contribution in [1.29, 1.82) is 0 Å². The normalized spacial score (nSPS) is 37.5. The molecule has 0 unspecified atom stereocenters. The average Bonchev–Trinajstić information content (AvgIpc) is 2.74. The van der Waals surface area contributed by atoms with E-state index in [9.17, 15) is 9.59 Å². The molecule has 0 radical (unpaired) electrons. The molecule has 1 aromatic carbocycles. The Morgan fingerprint density at radius 3 is 2.95 bits per heavy atom. The van der Waals surface area contributed by atoms with Crippen LogP contribution in [0.1, 0.15) is 24.5 Å². The summed E-state index contributed by atoms with van der Waals surface area (Å²) >= 11 is 0. The molecule has 3 nitrogen and oxygen atoms in total. The van der Waals surface area contributed by atoms with Gasteiger partial charge in [-0.15, -0.1) is 0 Å². The highest BCUT2D eigenvalue weighted by Gasteiger charge is 2.63. The summed E-state index contributed by atoms with van der Waals surface area (Å²) in [6, 6.07) is 7.98. The second kappa shape index (κ2) is 3.89. The van der Waals surface area contributed by atoms with Crippen LogP contribution in [0.15, 0.2) is 36.4 Å². The van der Waals surface area contributed by atoms with Gasteiger partial charge in [0.1, 0.15) is 5.78 Å². The number of Topliss-reactive ketones (excluding diaryl/α,β-unsaturated/α-hetero) is 1. The molecule has 0 aromatic heterocycles. The van der Waals surface area contributed by atoms with Gasteiger partial charge in [0.15, 0.2) is 11.4 Å². The number of aryl methyl sites for hydroxylation is 1. The molecule has 4 atom stereocenters. The standard InChI is InChI=1S/C17H16O3/c1-10(18)16-13-7-6-11-4-2-3-5-12(11)17(13)15(19)9-8-14(16)20-17/h2-5,8-9,13-14,16H,6-7H2,1H3/t13-,14-,16-,17-/m0/s1. The zero-order chi connectivity index (χ0) is 13.9. The van der Waals surface area contributed by atoms with E-state index in [1.54, 1.807) is 19.1 Å². The van der Waals surface area contributed by atoms with Gasteiger partial charge in [-0.25, -0.2) is 0 Å². The van der Waals surface area contributed by atoms with Gasteiger partial charge in [0.05, 0.1) is 12.0 Å². The largest absolute Gasteiger partial charge is 0.354 e. The van der Waals surface area contributed by atoms with Crippen LogP contribution in [0.5, 0.6) is 0 Å². The SMILES string of the molecule is CC(=O)[C@@H]1[C@@H]2C=CC(=O)[C@]3(O2)c2ccccc2CC[C@@H]13. The fourth-order valence-electron chi connectivity index (χ4n) is 4.27. The average molecular weight is 268 g/mol. The third kappa shape index (κ3) is 1.29. The molecule has 2 aliphatic heterocycles. The first kappa shape index (κ1) is 12.0. The van der Waals surface area contributed by atoms with Crippen molar-refractivity contribution in [2.75, 3.05) is 0 Å². The summed E-state index contributed by atoms with van der Waals surface area (Å²) < 4.78 is 6.14. The van der Waals surface area contributed by atoms with Gasteiger partial charge in [0.2, 0.25) is 0 Å². The van der Waals surface area contributed by atoms with Gasteiger partial charge >= 0.3 is 0 Å². The number of fused-ring (bicyclic) bond motifs is 2. The van der Waals surface area contributed by atoms with Gasteiger partial charge in [-0.1, -0.05) is 30.3 Å². The van der Waals surface area contributed by atoms with Gasteiger partial charge in [0, 0.05) is 5.92 Å². The van der Waals surface area contributed by atoms with Gasteiger partial charge in [-0.05, 0) is 37.0 Å². The summed E-state index contributed by atoms with van der Waals surface area (Å²) in [5.41, 5.74) is 1.24. The number of benzene rings is 1. The number of hydrogen-bond donors (Lipinski definition) is 0. The molecule has 2 heterocycles. The predicted molar refractivity (Wildman–Crippen MR) is 73.1 cm³/mol. The van der Waals surface area contributed by atoms with E-state index < -0.39 is 5.60 Å². The molecule has 0 saturated carbocycles. The Balaban J connectivity index is 1.96. The molecule has 0 N–H and O–H groups in total. The molecule has 102 valence electrons. The summed E-state index contributed by atoms with van der Waals surface area (Å²) in [5, 5.41) is 0. The highest BCUT2D eigenvalue weighted by Crippen LogP contribution is 2.56. The van der Waals surface area contributed by atoms with E-state index in [4.69, 9.17) is 4.74 Å². The fraction of sp³-hybridized carbons (Fsp3) is 0.412. The van der Waals surface area contributed by atoms with Gasteiger partial charge < -0.3 is 4.74 Å². The Labute approximate surface area is 117 Å². The number of ketones is 2. The smallest absolute Gasteiger partial charge is 0.192 e. The maximum absolute atomic E-state index is 12.6. The number of carbonyl (C=O) groups is 2. The van der Waals surface area contributed by atoms with Crippen molar-refractivity contribution in [3.8, 4) is 0 Å². The number of hydrogen-bond acceptors (Lipinski definition) is 3. The number of carbonyl (C=O) groups excluding carboxylic acids is 2. The van der Waals surface area contributed by atoms with E-state index in [1.807, 2.05) is 18.2 Å². The molecular weight excluding hydrogens is 252 g/mol. The molecule has 20 heavy (non-hydrogen) atoms. The fourth-order valence-corrected chi connectivity index (χ4v) is 4.27. The van der Waals surface area contributed by atoms with E-state index in [0.29, 0.717) is 0 Å². The summed E-state index contributed by atoms with van der Waals surface area (Å²) in [5.74, 6) is -0.0938. The Morgan fingerprint density at radius 1 is 1.35 bits per heavy atom. The van der Waals surface area contributed by atoms with Crippen molar-refractivity contribution < 1.29 is 14.3 Å². The number of rotatable bonds is 1. The summed E-state index contributed by atoms with van der Waals surface area (Å²) in [6.45, 7) is 1.61. The van der Waals surface area contributed by atoms with Crippen molar-refractivity contribution in [3.05, 3.63) is 47.5 Å². The Kier molecular flexibility index (Phi) is 2.34. The molecule has 1 aromatic rings. The van der Waals surface area contributed by atoms with Crippen LogP contribution in [0.4, 0.5) is 0 Å². The molecule has 0 amide bonds. The number of ether oxygens (including phenoxy) is 1. The van der Waals surface area contributed by atoms with E-state index in [1.165, 1.54) is 5.56 Å². The Hall–Kier alpha value is -1.74. The summed E-state index contributed by atoms with van der Waals surface area (Å²) in [7, 11) is 0. The van der Waals surface area contributed by atoms with Gasteiger partial charge in [-0.3, -0.25) is 9.59 Å². The van der Waals surface area contributed by atoms with Crippen molar-refractivity contribution in [1.82, 2.24) is 0 Å². The van der Waals surface area contributed by atoms with Crippen LogP contribution >= 0.6 is 0 Å². The lowest BCUT2D eigenvalue weighted by atomic mass is 9.66. The maximum Gasteiger partial charge on any atom is 0.192 e. The lowest BCUT2D eigenvalue weighted by molar-refractivity contribution is -0.145. The Bertz CT molecular complexity index is 645. The summed E-state index contributed by atoms with van der Waals surface area (Å²) in [6.07, 6.45) is 4.88. The van der Waals surface area contributed by atoms with E-state index in [2.05, 4.69) is 6.07 Å². The van der Waals surface area contributed by atoms with Crippen LogP contribution in [0.25, 0.3) is 0 Å². The highest BCUT2D eigenvalue weighted by atomic mass is 16.5. The minimum atomic E-state index is -0.912. The third-order valence-electron chi connectivity index (χ3n) is 5.05. The first-order chi connectivity index (χ1) is 9.64. The monoisotopic (exact) mass is 268 g/mol. The van der Waals surface area contributed by atoms with Crippen LogP contribution < -0.4 is 0 Å². The molecule has 2 bridgehead atoms. The quantitative estimate of drug-likeness (QED) is 0.784. The molecule has 1 spiro atoms. The van der Waals surface area contributed by atoms with Crippen molar-refractivity contribution >= 4 is 11.6 Å². The highest BCUT2D eigenvalue weighted by molar-refractivity contribution is 6.01. The van der Waals surface area contributed by atoms with Crippen LogP contribution in [-0.4, -0.2) is 17.7 Å². The predicted octanol–water partition coefficient (Wildman–Crippen LogP) is 2.19.